The second kappa shape index (κ2) is 5.15. The molecule has 0 saturated heterocycles. The van der Waals surface area contributed by atoms with E-state index in [0.717, 1.165) is 24.0 Å². The van der Waals surface area contributed by atoms with E-state index < -0.39 is 0 Å². The van der Waals surface area contributed by atoms with E-state index in [1.165, 1.54) is 24.8 Å². The lowest BCUT2D eigenvalue weighted by atomic mass is 9.94. The Labute approximate surface area is 97.8 Å². The summed E-state index contributed by atoms with van der Waals surface area (Å²) in [6.07, 6.45) is 8.31. The van der Waals surface area contributed by atoms with Gasteiger partial charge >= 0.3 is 0 Å². The molecule has 1 atom stereocenters. The van der Waals surface area contributed by atoms with Crippen molar-refractivity contribution in [2.75, 3.05) is 11.9 Å². The molecule has 1 aromatic heterocycles. The number of pyridine rings is 1. The summed E-state index contributed by atoms with van der Waals surface area (Å²) in [7, 11) is 0. The number of hydrogen-bond donors (Lipinski definition) is 1. The molecule has 0 spiro atoms. The fourth-order valence-corrected chi connectivity index (χ4v) is 2.22. The maximum atomic E-state index is 4.49. The quantitative estimate of drug-likeness (QED) is 0.783. The van der Waals surface area contributed by atoms with E-state index in [9.17, 15) is 0 Å². The van der Waals surface area contributed by atoms with Gasteiger partial charge in [-0.3, -0.25) is 0 Å². The molecule has 0 radical (unpaired) electrons. The Bertz CT molecular complexity index is 362. The minimum atomic E-state index is 0.771. The van der Waals surface area contributed by atoms with Crippen LogP contribution in [0.4, 0.5) is 5.82 Å². The summed E-state index contributed by atoms with van der Waals surface area (Å²) >= 11 is 0. The second-order valence-corrected chi connectivity index (χ2v) is 4.70. The van der Waals surface area contributed by atoms with Crippen molar-refractivity contribution in [2.24, 2.45) is 5.92 Å². The van der Waals surface area contributed by atoms with Gasteiger partial charge in [0, 0.05) is 12.2 Å². The van der Waals surface area contributed by atoms with Crippen molar-refractivity contribution in [3.8, 4) is 0 Å². The topological polar surface area (TPSA) is 24.9 Å². The molecule has 0 fully saturated rings. The van der Waals surface area contributed by atoms with E-state index in [4.69, 9.17) is 0 Å². The number of nitrogens with one attached hydrogen (secondary N) is 1. The first-order valence-corrected chi connectivity index (χ1v) is 6.08. The van der Waals surface area contributed by atoms with Gasteiger partial charge in [-0.15, -0.1) is 0 Å². The van der Waals surface area contributed by atoms with Crippen molar-refractivity contribution in [3.05, 3.63) is 35.5 Å². The molecule has 1 N–H and O–H groups in total. The average molecular weight is 216 g/mol. The van der Waals surface area contributed by atoms with Crippen LogP contribution in [0.2, 0.25) is 0 Å². The SMILES string of the molecule is Cc1cc(C)nc(NCC2CC=CCC2)c1. The first-order chi connectivity index (χ1) is 7.74. The lowest BCUT2D eigenvalue weighted by molar-refractivity contribution is 0.503. The Morgan fingerprint density at radius 3 is 2.88 bits per heavy atom. The van der Waals surface area contributed by atoms with Gasteiger partial charge in [0.1, 0.15) is 5.82 Å². The fourth-order valence-electron chi connectivity index (χ4n) is 2.22. The van der Waals surface area contributed by atoms with Crippen LogP contribution >= 0.6 is 0 Å². The number of hydrogen-bond acceptors (Lipinski definition) is 2. The van der Waals surface area contributed by atoms with Crippen molar-refractivity contribution < 1.29 is 0 Å². The molecule has 2 rings (SSSR count). The molecule has 0 bridgehead atoms. The van der Waals surface area contributed by atoms with Crippen LogP contribution in [0.1, 0.15) is 30.5 Å². The maximum Gasteiger partial charge on any atom is 0.126 e. The van der Waals surface area contributed by atoms with Crippen molar-refractivity contribution >= 4 is 5.82 Å². The summed E-state index contributed by atoms with van der Waals surface area (Å²) in [6.45, 7) is 5.20. The number of aromatic nitrogens is 1. The molecule has 86 valence electrons. The largest absolute Gasteiger partial charge is 0.370 e. The summed E-state index contributed by atoms with van der Waals surface area (Å²) in [5.74, 6) is 1.79. The van der Waals surface area contributed by atoms with Crippen molar-refractivity contribution in [2.45, 2.75) is 33.1 Å². The highest BCUT2D eigenvalue weighted by Crippen LogP contribution is 2.18. The van der Waals surface area contributed by atoms with Crippen LogP contribution in [0.3, 0.4) is 0 Å². The normalized spacial score (nSPS) is 19.8. The molecule has 0 aromatic carbocycles. The summed E-state index contributed by atoms with van der Waals surface area (Å²) in [5.41, 5.74) is 2.37. The van der Waals surface area contributed by atoms with Crippen LogP contribution in [0.5, 0.6) is 0 Å². The van der Waals surface area contributed by atoms with Gasteiger partial charge in [-0.25, -0.2) is 4.98 Å². The third-order valence-corrected chi connectivity index (χ3v) is 3.05. The maximum absolute atomic E-state index is 4.49. The molecule has 0 aliphatic heterocycles. The molecule has 0 saturated carbocycles. The van der Waals surface area contributed by atoms with E-state index in [-0.39, 0.29) is 0 Å². The van der Waals surface area contributed by atoms with E-state index in [1.807, 2.05) is 6.92 Å². The standard InChI is InChI=1S/C14H20N2/c1-11-8-12(2)16-14(9-11)15-10-13-6-4-3-5-7-13/h3-4,8-9,13H,5-7,10H2,1-2H3,(H,15,16). The molecule has 2 nitrogen and oxygen atoms in total. The Hall–Kier alpha value is -1.31. The molecular weight excluding hydrogens is 196 g/mol. The van der Waals surface area contributed by atoms with Gasteiger partial charge < -0.3 is 5.32 Å². The van der Waals surface area contributed by atoms with Gasteiger partial charge in [0.25, 0.3) is 0 Å². The van der Waals surface area contributed by atoms with Crippen LogP contribution in [0.25, 0.3) is 0 Å². The number of nitrogens with zero attached hydrogens (tertiary/aromatic N) is 1. The third kappa shape index (κ3) is 3.09. The van der Waals surface area contributed by atoms with Crippen LogP contribution < -0.4 is 5.32 Å². The highest BCUT2D eigenvalue weighted by atomic mass is 15.0. The summed E-state index contributed by atoms with van der Waals surface area (Å²) in [5, 5.41) is 3.45. The average Bonchev–Trinajstić information content (AvgIpc) is 2.27. The molecule has 2 heteroatoms. The monoisotopic (exact) mass is 216 g/mol. The minimum Gasteiger partial charge on any atom is -0.370 e. The molecule has 1 aromatic rings. The Kier molecular flexibility index (Phi) is 3.60. The van der Waals surface area contributed by atoms with Gasteiger partial charge in [0.2, 0.25) is 0 Å². The van der Waals surface area contributed by atoms with E-state index in [1.54, 1.807) is 0 Å². The Morgan fingerprint density at radius 1 is 1.31 bits per heavy atom. The lowest BCUT2D eigenvalue weighted by Gasteiger charge is -2.18. The van der Waals surface area contributed by atoms with Crippen LogP contribution in [0.15, 0.2) is 24.3 Å². The molecule has 1 aliphatic carbocycles. The van der Waals surface area contributed by atoms with Crippen LogP contribution in [-0.2, 0) is 0 Å². The Morgan fingerprint density at radius 2 is 2.19 bits per heavy atom. The zero-order valence-electron chi connectivity index (χ0n) is 10.2. The second-order valence-electron chi connectivity index (χ2n) is 4.70. The molecule has 16 heavy (non-hydrogen) atoms. The first kappa shape index (κ1) is 11.2. The number of rotatable bonds is 3. The highest BCUT2D eigenvalue weighted by molar-refractivity contribution is 5.39. The zero-order chi connectivity index (χ0) is 11.4. The van der Waals surface area contributed by atoms with Crippen LogP contribution in [0, 0.1) is 19.8 Å². The smallest absolute Gasteiger partial charge is 0.126 e. The number of anilines is 1. The molecule has 1 unspecified atom stereocenters. The van der Waals surface area contributed by atoms with Crippen molar-refractivity contribution in [1.82, 2.24) is 4.98 Å². The van der Waals surface area contributed by atoms with Gasteiger partial charge in [-0.2, -0.15) is 0 Å². The molecule has 0 amide bonds. The number of aryl methyl sites for hydroxylation is 2. The van der Waals surface area contributed by atoms with Gasteiger partial charge in [-0.1, -0.05) is 12.2 Å². The molecular formula is C14H20N2. The lowest BCUT2D eigenvalue weighted by Crippen LogP contribution is -2.16. The predicted molar refractivity (Wildman–Crippen MR) is 68.7 cm³/mol. The van der Waals surface area contributed by atoms with E-state index in [2.05, 4.69) is 41.5 Å². The molecule has 1 heterocycles. The van der Waals surface area contributed by atoms with E-state index >= 15 is 0 Å². The predicted octanol–water partition coefficient (Wildman–Crippen LogP) is 3.47. The molecule has 1 aliphatic rings. The summed E-state index contributed by atoms with van der Waals surface area (Å²) in [4.78, 5) is 4.49. The van der Waals surface area contributed by atoms with Crippen molar-refractivity contribution in [1.29, 1.82) is 0 Å². The van der Waals surface area contributed by atoms with E-state index in [0.29, 0.717) is 0 Å². The minimum absolute atomic E-state index is 0.771. The zero-order valence-corrected chi connectivity index (χ0v) is 10.2. The first-order valence-electron chi connectivity index (χ1n) is 6.08. The summed E-state index contributed by atoms with van der Waals surface area (Å²) in [6, 6.07) is 4.22. The van der Waals surface area contributed by atoms with Crippen molar-refractivity contribution in [3.63, 3.8) is 0 Å². The third-order valence-electron chi connectivity index (χ3n) is 3.05. The highest BCUT2D eigenvalue weighted by Gasteiger charge is 2.09. The Balaban J connectivity index is 1.91. The summed E-state index contributed by atoms with van der Waals surface area (Å²) < 4.78 is 0. The fraction of sp³-hybridized carbons (Fsp3) is 0.500. The van der Waals surface area contributed by atoms with Gasteiger partial charge in [-0.05, 0) is 56.7 Å². The number of allylic oxidation sites excluding steroid dienone is 2. The van der Waals surface area contributed by atoms with Gasteiger partial charge in [0.15, 0.2) is 0 Å². The van der Waals surface area contributed by atoms with Gasteiger partial charge in [0.05, 0.1) is 0 Å². The van der Waals surface area contributed by atoms with Crippen LogP contribution in [-0.4, -0.2) is 11.5 Å².